The predicted molar refractivity (Wildman–Crippen MR) is 90.3 cm³/mol. The van der Waals surface area contributed by atoms with Gasteiger partial charge in [-0.15, -0.1) is 0 Å². The molecular weight excluding hydrogens is 360 g/mol. The van der Waals surface area contributed by atoms with Crippen LogP contribution in [-0.2, 0) is 16.1 Å². The summed E-state index contributed by atoms with van der Waals surface area (Å²) in [5.74, 6) is -2.07. The molecule has 0 saturated heterocycles. The lowest BCUT2D eigenvalue weighted by Crippen LogP contribution is -2.34. The minimum atomic E-state index is -1.04. The molecule has 1 amide bonds. The van der Waals surface area contributed by atoms with E-state index in [0.29, 0.717) is 24.1 Å². The average molecular weight is 377 g/mol. The summed E-state index contributed by atoms with van der Waals surface area (Å²) in [5.41, 5.74) is 0.397. The molecule has 0 unspecified atom stereocenters. The second-order valence-corrected chi connectivity index (χ2v) is 5.80. The van der Waals surface area contributed by atoms with Crippen molar-refractivity contribution in [3.8, 4) is 11.5 Å². The maximum atomic E-state index is 13.6. The van der Waals surface area contributed by atoms with Crippen molar-refractivity contribution >= 4 is 11.9 Å². The number of halogens is 2. The Kier molecular flexibility index (Phi) is 5.54. The van der Waals surface area contributed by atoms with Gasteiger partial charge in [0.2, 0.25) is 6.79 Å². The molecule has 8 heteroatoms. The van der Waals surface area contributed by atoms with E-state index in [-0.39, 0.29) is 13.3 Å². The minimum Gasteiger partial charge on any atom is -0.454 e. The van der Waals surface area contributed by atoms with E-state index in [1.165, 1.54) is 4.90 Å². The number of carbonyl (C=O) groups is 2. The Morgan fingerprint density at radius 2 is 1.89 bits per heavy atom. The maximum absolute atomic E-state index is 13.6. The van der Waals surface area contributed by atoms with Crippen LogP contribution in [0, 0.1) is 11.6 Å². The van der Waals surface area contributed by atoms with E-state index in [0.717, 1.165) is 17.7 Å². The highest BCUT2D eigenvalue weighted by Crippen LogP contribution is 2.32. The number of likely N-dealkylation sites (N-methyl/N-ethyl adjacent to an activating group) is 1. The summed E-state index contributed by atoms with van der Waals surface area (Å²) in [7, 11) is 0. The van der Waals surface area contributed by atoms with Crippen molar-refractivity contribution in [2.45, 2.75) is 13.5 Å². The number of nitrogens with zero attached hydrogens (tertiary/aromatic N) is 1. The normalized spacial score (nSPS) is 12.0. The number of fused-ring (bicyclic) bond motifs is 1. The van der Waals surface area contributed by atoms with Gasteiger partial charge >= 0.3 is 5.97 Å². The largest absolute Gasteiger partial charge is 0.454 e. The Balaban J connectivity index is 1.59. The third-order valence-corrected chi connectivity index (χ3v) is 4.02. The molecule has 27 heavy (non-hydrogen) atoms. The summed E-state index contributed by atoms with van der Waals surface area (Å²) >= 11 is 0. The van der Waals surface area contributed by atoms with Gasteiger partial charge in [-0.2, -0.15) is 0 Å². The van der Waals surface area contributed by atoms with Gasteiger partial charge in [0.25, 0.3) is 5.91 Å². The van der Waals surface area contributed by atoms with Crippen LogP contribution in [0.15, 0.2) is 36.4 Å². The van der Waals surface area contributed by atoms with Crippen molar-refractivity contribution in [2.24, 2.45) is 0 Å². The third-order valence-electron chi connectivity index (χ3n) is 4.02. The molecule has 0 aromatic heterocycles. The number of rotatable bonds is 6. The molecule has 1 aliphatic rings. The highest BCUT2D eigenvalue weighted by atomic mass is 19.1. The lowest BCUT2D eigenvalue weighted by Gasteiger charge is -2.21. The average Bonchev–Trinajstić information content (AvgIpc) is 3.11. The molecule has 142 valence electrons. The fourth-order valence-electron chi connectivity index (χ4n) is 2.59. The zero-order valence-electron chi connectivity index (χ0n) is 14.5. The minimum absolute atomic E-state index is 0.158. The number of ether oxygens (including phenoxy) is 3. The Morgan fingerprint density at radius 3 is 2.63 bits per heavy atom. The van der Waals surface area contributed by atoms with Crippen molar-refractivity contribution in [3.05, 3.63) is 59.2 Å². The molecule has 0 radical (unpaired) electrons. The molecule has 0 aliphatic carbocycles. The molecule has 1 aliphatic heterocycles. The Morgan fingerprint density at radius 1 is 1.11 bits per heavy atom. The summed E-state index contributed by atoms with van der Waals surface area (Å²) in [6, 6.07) is 7.84. The van der Waals surface area contributed by atoms with Crippen LogP contribution in [0.5, 0.6) is 11.5 Å². The fourth-order valence-corrected chi connectivity index (χ4v) is 2.59. The first kappa shape index (κ1) is 18.6. The van der Waals surface area contributed by atoms with Crippen LogP contribution in [-0.4, -0.2) is 36.7 Å². The van der Waals surface area contributed by atoms with E-state index in [9.17, 15) is 18.4 Å². The van der Waals surface area contributed by atoms with Gasteiger partial charge in [0.05, 0.1) is 5.56 Å². The van der Waals surface area contributed by atoms with Gasteiger partial charge in [0.15, 0.2) is 18.1 Å². The summed E-state index contributed by atoms with van der Waals surface area (Å²) in [6.45, 7) is 2.07. The van der Waals surface area contributed by atoms with Gasteiger partial charge in [0.1, 0.15) is 11.6 Å². The molecule has 0 saturated carbocycles. The van der Waals surface area contributed by atoms with E-state index in [2.05, 4.69) is 0 Å². The molecule has 6 nitrogen and oxygen atoms in total. The van der Waals surface area contributed by atoms with Crippen LogP contribution in [0.25, 0.3) is 0 Å². The van der Waals surface area contributed by atoms with Crippen LogP contribution < -0.4 is 9.47 Å². The summed E-state index contributed by atoms with van der Waals surface area (Å²) in [6.07, 6.45) is 0. The highest BCUT2D eigenvalue weighted by molar-refractivity contribution is 5.91. The Hall–Kier alpha value is -3.16. The SMILES string of the molecule is CCN(Cc1ccc2c(c1)OCO2)C(=O)COC(=O)c1ccc(F)cc1F. The van der Waals surface area contributed by atoms with Gasteiger partial charge in [-0.25, -0.2) is 13.6 Å². The molecular formula is C19H17F2NO5. The fraction of sp³-hybridized carbons (Fsp3) is 0.263. The van der Waals surface area contributed by atoms with Crippen molar-refractivity contribution in [1.29, 1.82) is 0 Å². The van der Waals surface area contributed by atoms with Gasteiger partial charge < -0.3 is 19.1 Å². The van der Waals surface area contributed by atoms with E-state index in [1.807, 2.05) is 6.07 Å². The first-order chi connectivity index (χ1) is 13.0. The number of esters is 1. The first-order valence-corrected chi connectivity index (χ1v) is 8.26. The number of hydrogen-bond donors (Lipinski definition) is 0. The Labute approximate surface area is 154 Å². The van der Waals surface area contributed by atoms with Gasteiger partial charge in [0, 0.05) is 19.2 Å². The standard InChI is InChI=1S/C19H17F2NO5/c1-2-22(9-12-3-6-16-17(7-12)27-11-26-16)18(23)10-25-19(24)14-5-4-13(20)8-15(14)21/h3-8H,2,9-11H2,1H3. The van der Waals surface area contributed by atoms with E-state index in [4.69, 9.17) is 14.2 Å². The number of benzene rings is 2. The molecule has 1 heterocycles. The van der Waals surface area contributed by atoms with Gasteiger partial charge in [-0.05, 0) is 36.8 Å². The lowest BCUT2D eigenvalue weighted by molar-refractivity contribution is -0.135. The van der Waals surface area contributed by atoms with Crippen molar-refractivity contribution < 1.29 is 32.6 Å². The van der Waals surface area contributed by atoms with Crippen LogP contribution in [0.3, 0.4) is 0 Å². The number of amides is 1. The second kappa shape index (κ2) is 8.03. The van der Waals surface area contributed by atoms with Crippen LogP contribution in [0.2, 0.25) is 0 Å². The van der Waals surface area contributed by atoms with Crippen LogP contribution in [0.4, 0.5) is 8.78 Å². The van der Waals surface area contributed by atoms with Gasteiger partial charge in [-0.3, -0.25) is 4.79 Å². The second-order valence-electron chi connectivity index (χ2n) is 5.80. The highest BCUT2D eigenvalue weighted by Gasteiger charge is 2.19. The molecule has 2 aromatic carbocycles. The van der Waals surface area contributed by atoms with Crippen LogP contribution >= 0.6 is 0 Å². The molecule has 2 aromatic rings. The van der Waals surface area contributed by atoms with E-state index >= 15 is 0 Å². The molecule has 0 atom stereocenters. The molecule has 0 fully saturated rings. The Bertz CT molecular complexity index is 871. The van der Waals surface area contributed by atoms with Crippen molar-refractivity contribution in [3.63, 3.8) is 0 Å². The van der Waals surface area contributed by atoms with Crippen LogP contribution in [0.1, 0.15) is 22.8 Å². The van der Waals surface area contributed by atoms with Gasteiger partial charge in [-0.1, -0.05) is 6.07 Å². The summed E-state index contributed by atoms with van der Waals surface area (Å²) < 4.78 is 41.9. The molecule has 3 rings (SSSR count). The molecule has 0 bridgehead atoms. The van der Waals surface area contributed by atoms with Crippen molar-refractivity contribution in [2.75, 3.05) is 19.9 Å². The van der Waals surface area contributed by atoms with E-state index < -0.39 is 35.7 Å². The number of carbonyl (C=O) groups excluding carboxylic acids is 2. The molecule has 0 N–H and O–H groups in total. The maximum Gasteiger partial charge on any atom is 0.341 e. The summed E-state index contributed by atoms with van der Waals surface area (Å²) in [4.78, 5) is 25.7. The predicted octanol–water partition coefficient (Wildman–Crippen LogP) is 2.90. The lowest BCUT2D eigenvalue weighted by atomic mass is 10.2. The number of hydrogen-bond acceptors (Lipinski definition) is 5. The smallest absolute Gasteiger partial charge is 0.341 e. The zero-order valence-corrected chi connectivity index (χ0v) is 14.5. The quantitative estimate of drug-likeness (QED) is 0.725. The topological polar surface area (TPSA) is 65.1 Å². The van der Waals surface area contributed by atoms with Crippen molar-refractivity contribution in [1.82, 2.24) is 4.90 Å². The monoisotopic (exact) mass is 377 g/mol. The van der Waals surface area contributed by atoms with E-state index in [1.54, 1.807) is 19.1 Å². The first-order valence-electron chi connectivity index (χ1n) is 8.26. The molecule has 0 spiro atoms. The third kappa shape index (κ3) is 4.33. The summed E-state index contributed by atoms with van der Waals surface area (Å²) in [5, 5.41) is 0. The zero-order chi connectivity index (χ0) is 19.4.